The van der Waals surface area contributed by atoms with Crippen LogP contribution in [-0.2, 0) is 16.0 Å². The maximum absolute atomic E-state index is 11.7. The fourth-order valence-electron chi connectivity index (χ4n) is 1.73. The van der Waals surface area contributed by atoms with Gasteiger partial charge in [-0.25, -0.2) is 9.59 Å². The summed E-state index contributed by atoms with van der Waals surface area (Å²) in [5.41, 5.74) is 1.15. The summed E-state index contributed by atoms with van der Waals surface area (Å²) in [5.74, 6) is -1.10. The number of carbonyl (C=O) groups is 2. The van der Waals surface area contributed by atoms with Crippen LogP contribution < -0.4 is 5.32 Å². The summed E-state index contributed by atoms with van der Waals surface area (Å²) in [7, 11) is 0. The van der Waals surface area contributed by atoms with Gasteiger partial charge in [0.1, 0.15) is 11.6 Å². The molecule has 2 N–H and O–H groups in total. The van der Waals surface area contributed by atoms with Crippen LogP contribution in [0.15, 0.2) is 22.7 Å². The number of ether oxygens (including phenoxy) is 1. The SMILES string of the molecule is Cc1ccc(Br)cc1CC(NC(=O)OC(C)(C)C)C(=O)O. The van der Waals surface area contributed by atoms with Crippen molar-refractivity contribution in [2.45, 2.75) is 45.8 Å². The zero-order chi connectivity index (χ0) is 16.2. The van der Waals surface area contributed by atoms with Gasteiger partial charge in [-0.2, -0.15) is 0 Å². The molecule has 1 amide bonds. The van der Waals surface area contributed by atoms with E-state index in [1.54, 1.807) is 20.8 Å². The average molecular weight is 358 g/mol. The number of amides is 1. The van der Waals surface area contributed by atoms with Crippen LogP contribution in [0.5, 0.6) is 0 Å². The summed E-state index contributed by atoms with van der Waals surface area (Å²) < 4.78 is 5.95. The van der Waals surface area contributed by atoms with Crippen LogP contribution in [0.3, 0.4) is 0 Å². The first kappa shape index (κ1) is 17.5. The van der Waals surface area contributed by atoms with Gasteiger partial charge in [0.05, 0.1) is 0 Å². The monoisotopic (exact) mass is 357 g/mol. The molecule has 1 unspecified atom stereocenters. The van der Waals surface area contributed by atoms with Gasteiger partial charge in [0.2, 0.25) is 0 Å². The maximum atomic E-state index is 11.7. The molecule has 6 heteroatoms. The number of benzene rings is 1. The van der Waals surface area contributed by atoms with E-state index in [9.17, 15) is 14.7 Å². The predicted molar refractivity (Wildman–Crippen MR) is 83.4 cm³/mol. The number of halogens is 1. The molecule has 0 radical (unpaired) electrons. The number of aliphatic carboxylic acids is 1. The van der Waals surface area contributed by atoms with Crippen molar-refractivity contribution in [3.63, 3.8) is 0 Å². The molecule has 116 valence electrons. The lowest BCUT2D eigenvalue weighted by Gasteiger charge is -2.22. The average Bonchev–Trinajstić information content (AvgIpc) is 2.30. The molecule has 1 aromatic carbocycles. The summed E-state index contributed by atoms with van der Waals surface area (Å²) in [6, 6.07) is 4.59. The molecule has 21 heavy (non-hydrogen) atoms. The molecule has 1 aromatic rings. The van der Waals surface area contributed by atoms with Gasteiger partial charge in [0.25, 0.3) is 0 Å². The van der Waals surface area contributed by atoms with Crippen LogP contribution in [0, 0.1) is 6.92 Å². The van der Waals surface area contributed by atoms with Crippen molar-refractivity contribution >= 4 is 28.0 Å². The number of carbonyl (C=O) groups excluding carboxylic acids is 1. The van der Waals surface area contributed by atoms with Crippen molar-refractivity contribution in [1.82, 2.24) is 5.32 Å². The second-order valence-electron chi connectivity index (χ2n) is 5.81. The van der Waals surface area contributed by atoms with Gasteiger partial charge in [-0.3, -0.25) is 0 Å². The van der Waals surface area contributed by atoms with E-state index in [0.29, 0.717) is 0 Å². The molecule has 0 saturated carbocycles. The summed E-state index contributed by atoms with van der Waals surface area (Å²) in [5, 5.41) is 11.7. The largest absolute Gasteiger partial charge is 0.480 e. The molecular formula is C15H20BrNO4. The molecule has 0 aliphatic rings. The van der Waals surface area contributed by atoms with E-state index in [-0.39, 0.29) is 6.42 Å². The summed E-state index contributed by atoms with van der Waals surface area (Å²) in [6.45, 7) is 7.07. The predicted octanol–water partition coefficient (Wildman–Crippen LogP) is 3.28. The molecule has 0 aromatic heterocycles. The first-order valence-electron chi connectivity index (χ1n) is 6.56. The summed E-state index contributed by atoms with van der Waals surface area (Å²) in [6.07, 6.45) is -0.539. The quantitative estimate of drug-likeness (QED) is 0.866. The number of carboxylic acids is 1. The van der Waals surface area contributed by atoms with Crippen LogP contribution in [0.2, 0.25) is 0 Å². The third-order valence-corrected chi connectivity index (χ3v) is 3.22. The van der Waals surface area contributed by atoms with E-state index in [2.05, 4.69) is 21.2 Å². The van der Waals surface area contributed by atoms with Crippen LogP contribution in [0.4, 0.5) is 4.79 Å². The Morgan fingerprint density at radius 1 is 1.38 bits per heavy atom. The first-order valence-corrected chi connectivity index (χ1v) is 7.35. The van der Waals surface area contributed by atoms with Crippen LogP contribution in [0.1, 0.15) is 31.9 Å². The van der Waals surface area contributed by atoms with Crippen LogP contribution in [-0.4, -0.2) is 28.8 Å². The lowest BCUT2D eigenvalue weighted by Crippen LogP contribution is -2.44. The number of carboxylic acid groups (broad SMARTS) is 1. The van der Waals surface area contributed by atoms with E-state index in [0.717, 1.165) is 15.6 Å². The molecule has 1 atom stereocenters. The van der Waals surface area contributed by atoms with Gasteiger partial charge in [-0.15, -0.1) is 0 Å². The summed E-state index contributed by atoms with van der Waals surface area (Å²) >= 11 is 3.35. The second-order valence-corrected chi connectivity index (χ2v) is 6.73. The highest BCUT2D eigenvalue weighted by molar-refractivity contribution is 9.10. The number of hydrogen-bond acceptors (Lipinski definition) is 3. The number of hydrogen-bond donors (Lipinski definition) is 2. The molecule has 0 fully saturated rings. The number of rotatable bonds is 4. The van der Waals surface area contributed by atoms with E-state index in [4.69, 9.17) is 4.74 Å². The molecule has 1 rings (SSSR count). The maximum Gasteiger partial charge on any atom is 0.408 e. The number of aryl methyl sites for hydroxylation is 1. The van der Waals surface area contributed by atoms with Crippen molar-refractivity contribution < 1.29 is 19.4 Å². The Bertz CT molecular complexity index is 537. The van der Waals surface area contributed by atoms with E-state index in [1.807, 2.05) is 25.1 Å². The van der Waals surface area contributed by atoms with Gasteiger partial charge in [0, 0.05) is 10.9 Å². The molecule has 0 aliphatic carbocycles. The third kappa shape index (κ3) is 6.16. The second kappa shape index (κ2) is 6.93. The van der Waals surface area contributed by atoms with Gasteiger partial charge < -0.3 is 15.2 Å². The molecule has 5 nitrogen and oxygen atoms in total. The van der Waals surface area contributed by atoms with Crippen molar-refractivity contribution in [3.8, 4) is 0 Å². The molecule has 0 heterocycles. The smallest absolute Gasteiger partial charge is 0.408 e. The standard InChI is InChI=1S/C15H20BrNO4/c1-9-5-6-11(16)7-10(9)8-12(13(18)19)17-14(20)21-15(2,3)4/h5-7,12H,8H2,1-4H3,(H,17,20)(H,18,19). The Labute approximate surface area is 132 Å². The normalized spacial score (nSPS) is 12.6. The van der Waals surface area contributed by atoms with Crippen LogP contribution in [0.25, 0.3) is 0 Å². The molecule has 0 saturated heterocycles. The Kier molecular flexibility index (Phi) is 5.78. The Hall–Kier alpha value is -1.56. The van der Waals surface area contributed by atoms with Crippen molar-refractivity contribution in [3.05, 3.63) is 33.8 Å². The lowest BCUT2D eigenvalue weighted by atomic mass is 10.0. The van der Waals surface area contributed by atoms with E-state index in [1.165, 1.54) is 0 Å². The van der Waals surface area contributed by atoms with Gasteiger partial charge >= 0.3 is 12.1 Å². The van der Waals surface area contributed by atoms with E-state index >= 15 is 0 Å². The van der Waals surface area contributed by atoms with Crippen molar-refractivity contribution in [2.75, 3.05) is 0 Å². The minimum absolute atomic E-state index is 0.194. The number of nitrogens with one attached hydrogen (secondary N) is 1. The van der Waals surface area contributed by atoms with Gasteiger partial charge in [0.15, 0.2) is 0 Å². The Morgan fingerprint density at radius 3 is 2.52 bits per heavy atom. The fraction of sp³-hybridized carbons (Fsp3) is 0.467. The zero-order valence-corrected chi connectivity index (χ0v) is 14.2. The van der Waals surface area contributed by atoms with Crippen molar-refractivity contribution in [1.29, 1.82) is 0 Å². The minimum Gasteiger partial charge on any atom is -0.480 e. The van der Waals surface area contributed by atoms with Gasteiger partial charge in [-0.05, 0) is 51.0 Å². The highest BCUT2D eigenvalue weighted by Gasteiger charge is 2.24. The van der Waals surface area contributed by atoms with Crippen molar-refractivity contribution in [2.24, 2.45) is 0 Å². The highest BCUT2D eigenvalue weighted by atomic mass is 79.9. The highest BCUT2D eigenvalue weighted by Crippen LogP contribution is 2.18. The lowest BCUT2D eigenvalue weighted by molar-refractivity contribution is -0.139. The third-order valence-electron chi connectivity index (χ3n) is 2.72. The van der Waals surface area contributed by atoms with Gasteiger partial charge in [-0.1, -0.05) is 22.0 Å². The molecule has 0 bridgehead atoms. The van der Waals surface area contributed by atoms with Crippen LogP contribution >= 0.6 is 15.9 Å². The molecule has 0 spiro atoms. The molecule has 0 aliphatic heterocycles. The Balaban J connectivity index is 2.81. The molecular weight excluding hydrogens is 338 g/mol. The first-order chi connectivity index (χ1) is 9.58. The number of alkyl carbamates (subject to hydrolysis) is 1. The van der Waals surface area contributed by atoms with E-state index < -0.39 is 23.7 Å². The fourth-order valence-corrected chi connectivity index (χ4v) is 2.14. The Morgan fingerprint density at radius 2 is 2.00 bits per heavy atom. The summed E-state index contributed by atoms with van der Waals surface area (Å²) in [4.78, 5) is 23.0. The minimum atomic E-state index is -1.10. The zero-order valence-electron chi connectivity index (χ0n) is 12.6. The topological polar surface area (TPSA) is 75.6 Å².